The van der Waals surface area contributed by atoms with Crippen molar-refractivity contribution in [3.05, 3.63) is 51.6 Å². The van der Waals surface area contributed by atoms with Crippen LogP contribution in [0.4, 0.5) is 0 Å². The molecule has 0 saturated heterocycles. The summed E-state index contributed by atoms with van der Waals surface area (Å²) >= 11 is 1.72. The first-order chi connectivity index (χ1) is 11.0. The maximum atomic E-state index is 12.3. The molecule has 3 aromatic rings. The van der Waals surface area contributed by atoms with E-state index in [9.17, 15) is 4.79 Å². The van der Waals surface area contributed by atoms with Crippen LogP contribution in [0.15, 0.2) is 30.5 Å². The summed E-state index contributed by atoms with van der Waals surface area (Å²) in [6.45, 7) is 3.28. The van der Waals surface area contributed by atoms with Gasteiger partial charge in [0, 0.05) is 22.5 Å². The molecule has 0 aromatic carbocycles. The predicted molar refractivity (Wildman–Crippen MR) is 90.6 cm³/mol. The third-order valence-corrected chi connectivity index (χ3v) is 4.38. The van der Waals surface area contributed by atoms with Crippen LogP contribution in [0.3, 0.4) is 0 Å². The van der Waals surface area contributed by atoms with Crippen molar-refractivity contribution in [2.75, 3.05) is 14.1 Å². The van der Waals surface area contributed by atoms with E-state index < -0.39 is 0 Å². The predicted octanol–water partition coefficient (Wildman–Crippen LogP) is 2.09. The van der Waals surface area contributed by atoms with Gasteiger partial charge in [0.2, 0.25) is 0 Å². The fraction of sp³-hybridized carbons (Fsp3) is 0.312. The van der Waals surface area contributed by atoms with Crippen molar-refractivity contribution >= 4 is 22.9 Å². The number of pyridine rings is 1. The lowest BCUT2D eigenvalue weighted by atomic mass is 10.2. The number of amides is 1. The molecule has 3 aromatic heterocycles. The second kappa shape index (κ2) is 6.47. The Bertz CT molecular complexity index is 836. The van der Waals surface area contributed by atoms with Crippen LogP contribution in [-0.4, -0.2) is 39.5 Å². The number of nitrogens with zero attached hydrogens (tertiary/aromatic N) is 4. The highest BCUT2D eigenvalue weighted by Gasteiger charge is 2.09. The van der Waals surface area contributed by atoms with E-state index in [4.69, 9.17) is 0 Å². The molecule has 0 radical (unpaired) electrons. The van der Waals surface area contributed by atoms with Gasteiger partial charge in [0.15, 0.2) is 5.65 Å². The van der Waals surface area contributed by atoms with Crippen LogP contribution in [0, 0.1) is 6.92 Å². The number of carbonyl (C=O) groups excluding carboxylic acids is 1. The maximum absolute atomic E-state index is 12.3. The highest BCUT2D eigenvalue weighted by Crippen LogP contribution is 2.17. The first-order valence-electron chi connectivity index (χ1n) is 7.35. The molecule has 0 aliphatic carbocycles. The van der Waals surface area contributed by atoms with Gasteiger partial charge in [-0.25, -0.2) is 9.50 Å². The molecule has 23 heavy (non-hydrogen) atoms. The van der Waals surface area contributed by atoms with E-state index in [1.54, 1.807) is 34.2 Å². The third-order valence-electron chi connectivity index (χ3n) is 3.31. The minimum absolute atomic E-state index is 0.109. The Kier molecular flexibility index (Phi) is 4.40. The third kappa shape index (κ3) is 3.75. The highest BCUT2D eigenvalue weighted by atomic mass is 32.1. The van der Waals surface area contributed by atoms with Crippen molar-refractivity contribution in [3.63, 3.8) is 0 Å². The minimum Gasteiger partial charge on any atom is -0.347 e. The first kappa shape index (κ1) is 15.6. The van der Waals surface area contributed by atoms with Gasteiger partial charge in [-0.05, 0) is 45.3 Å². The lowest BCUT2D eigenvalue weighted by molar-refractivity contribution is 0.0950. The Morgan fingerprint density at radius 1 is 1.26 bits per heavy atom. The zero-order valence-electron chi connectivity index (χ0n) is 13.4. The lowest BCUT2D eigenvalue weighted by Gasteiger charge is -2.06. The molecule has 0 spiro atoms. The van der Waals surface area contributed by atoms with Crippen molar-refractivity contribution in [3.8, 4) is 0 Å². The number of carbonyl (C=O) groups is 1. The van der Waals surface area contributed by atoms with Crippen LogP contribution in [0.25, 0.3) is 5.65 Å². The SMILES string of the molecule is Cc1nc2ccc(C(=O)NCc3ccc(CN(C)C)s3)cn2n1. The standard InChI is InChI=1S/C16H19N5OS/c1-11-18-15-7-4-12(9-21(15)19-11)16(22)17-8-13-5-6-14(23-13)10-20(2)3/h4-7,9H,8,10H2,1-3H3,(H,17,22). The molecule has 1 N–H and O–H groups in total. The molecule has 6 nitrogen and oxygen atoms in total. The summed E-state index contributed by atoms with van der Waals surface area (Å²) in [5.74, 6) is 0.581. The van der Waals surface area contributed by atoms with Gasteiger partial charge in [0.25, 0.3) is 5.91 Å². The number of rotatable bonds is 5. The van der Waals surface area contributed by atoms with Crippen molar-refractivity contribution in [1.29, 1.82) is 0 Å². The van der Waals surface area contributed by atoms with Gasteiger partial charge in [0.05, 0.1) is 12.1 Å². The zero-order chi connectivity index (χ0) is 16.4. The van der Waals surface area contributed by atoms with E-state index in [0.717, 1.165) is 17.1 Å². The number of hydrogen-bond acceptors (Lipinski definition) is 5. The molecule has 0 atom stereocenters. The summed E-state index contributed by atoms with van der Waals surface area (Å²) in [5, 5.41) is 7.18. The Balaban J connectivity index is 1.64. The van der Waals surface area contributed by atoms with Gasteiger partial charge in [-0.3, -0.25) is 4.79 Å². The average molecular weight is 329 g/mol. The molecule has 0 fully saturated rings. The van der Waals surface area contributed by atoms with Crippen molar-refractivity contribution < 1.29 is 4.79 Å². The summed E-state index contributed by atoms with van der Waals surface area (Å²) in [4.78, 5) is 21.1. The zero-order valence-corrected chi connectivity index (χ0v) is 14.2. The number of thiophene rings is 1. The Morgan fingerprint density at radius 2 is 2.04 bits per heavy atom. The second-order valence-electron chi connectivity index (χ2n) is 5.67. The minimum atomic E-state index is -0.109. The van der Waals surface area contributed by atoms with Crippen LogP contribution in [0.5, 0.6) is 0 Å². The normalized spacial score (nSPS) is 11.3. The number of aromatic nitrogens is 3. The molecule has 1 amide bonds. The summed E-state index contributed by atoms with van der Waals surface area (Å²) in [6, 6.07) is 7.74. The molecule has 0 unspecified atom stereocenters. The highest BCUT2D eigenvalue weighted by molar-refractivity contribution is 7.11. The van der Waals surface area contributed by atoms with E-state index in [-0.39, 0.29) is 5.91 Å². The van der Waals surface area contributed by atoms with Gasteiger partial charge in [-0.2, -0.15) is 5.10 Å². The summed E-state index contributed by atoms with van der Waals surface area (Å²) in [7, 11) is 4.09. The number of aryl methyl sites for hydroxylation is 1. The second-order valence-corrected chi connectivity index (χ2v) is 6.92. The molecule has 0 aliphatic rings. The van der Waals surface area contributed by atoms with Crippen LogP contribution >= 0.6 is 11.3 Å². The molecule has 3 rings (SSSR count). The molecular formula is C16H19N5OS. The van der Waals surface area contributed by atoms with Gasteiger partial charge in [-0.1, -0.05) is 0 Å². The van der Waals surface area contributed by atoms with E-state index in [1.807, 2.05) is 21.0 Å². The van der Waals surface area contributed by atoms with Gasteiger partial charge >= 0.3 is 0 Å². The smallest absolute Gasteiger partial charge is 0.253 e. The van der Waals surface area contributed by atoms with Crippen LogP contribution in [-0.2, 0) is 13.1 Å². The van der Waals surface area contributed by atoms with Gasteiger partial charge < -0.3 is 10.2 Å². The fourth-order valence-corrected chi connectivity index (χ4v) is 3.39. The molecule has 3 heterocycles. The van der Waals surface area contributed by atoms with E-state index >= 15 is 0 Å². The topological polar surface area (TPSA) is 62.5 Å². The van der Waals surface area contributed by atoms with Crippen molar-refractivity contribution in [2.45, 2.75) is 20.0 Å². The largest absolute Gasteiger partial charge is 0.347 e. The Labute approximate surface area is 138 Å². The number of nitrogens with one attached hydrogen (secondary N) is 1. The van der Waals surface area contributed by atoms with Crippen LogP contribution in [0.1, 0.15) is 25.9 Å². The molecule has 0 aliphatic heterocycles. The molecular weight excluding hydrogens is 310 g/mol. The van der Waals surface area contributed by atoms with Crippen LogP contribution < -0.4 is 5.32 Å². The Hall–Kier alpha value is -2.25. The summed E-state index contributed by atoms with van der Waals surface area (Å²) in [6.07, 6.45) is 1.70. The molecule has 0 bridgehead atoms. The van der Waals surface area contributed by atoms with Crippen molar-refractivity contribution in [1.82, 2.24) is 24.8 Å². The Morgan fingerprint density at radius 3 is 2.83 bits per heavy atom. The summed E-state index contributed by atoms with van der Waals surface area (Å²) < 4.78 is 1.63. The average Bonchev–Trinajstić information content (AvgIpc) is 3.08. The number of fused-ring (bicyclic) bond motifs is 1. The van der Waals surface area contributed by atoms with E-state index in [2.05, 4.69) is 32.4 Å². The lowest BCUT2D eigenvalue weighted by Crippen LogP contribution is -2.22. The van der Waals surface area contributed by atoms with Gasteiger partial charge in [0.1, 0.15) is 5.82 Å². The van der Waals surface area contributed by atoms with Crippen molar-refractivity contribution in [2.24, 2.45) is 0 Å². The monoisotopic (exact) mass is 329 g/mol. The first-order valence-corrected chi connectivity index (χ1v) is 8.16. The maximum Gasteiger partial charge on any atom is 0.253 e. The van der Waals surface area contributed by atoms with E-state index in [0.29, 0.717) is 17.9 Å². The molecule has 7 heteroatoms. The molecule has 120 valence electrons. The summed E-state index contributed by atoms with van der Waals surface area (Å²) in [5.41, 5.74) is 1.32. The quantitative estimate of drug-likeness (QED) is 0.778. The number of hydrogen-bond donors (Lipinski definition) is 1. The van der Waals surface area contributed by atoms with Crippen LogP contribution in [0.2, 0.25) is 0 Å². The molecule has 0 saturated carbocycles. The fourth-order valence-electron chi connectivity index (χ4n) is 2.31. The van der Waals surface area contributed by atoms with Gasteiger partial charge in [-0.15, -0.1) is 11.3 Å². The van der Waals surface area contributed by atoms with E-state index in [1.165, 1.54) is 4.88 Å².